The second kappa shape index (κ2) is 17.8. The molecule has 1 aromatic heterocycles. The van der Waals surface area contributed by atoms with Gasteiger partial charge in [-0.25, -0.2) is 0 Å². The molecule has 48 heavy (non-hydrogen) atoms. The summed E-state index contributed by atoms with van der Waals surface area (Å²) in [5.74, 6) is -0.807. The molecule has 2 unspecified atom stereocenters. The topological polar surface area (TPSA) is 137 Å². The standard InChI is InChI=1S/C36H47N7O4.ClH/c1-3-32(44)40-30(36(47)43-21-20-37-29(24-43)22-25-10-6-4-7-11-25)23-26-14-16-28(17-15-26)39-35(46)33(27-12-8-5-9-13-27)41-34(45)31-18-19-38-42(31)2;/h4,6-7,10-11,14-19,27,29-30,33,37H,3,5,8-9,12-13,20-24H2,1-2H3,(H,39,46)(H,40,44)(H,41,45);1H/t29-,30?,33?;/m0./s1. The maximum absolute atomic E-state index is 13.8. The van der Waals surface area contributed by atoms with Gasteiger partial charge in [0.25, 0.3) is 5.91 Å². The van der Waals surface area contributed by atoms with Crippen LogP contribution in [0.15, 0.2) is 66.9 Å². The van der Waals surface area contributed by atoms with Crippen LogP contribution in [0.4, 0.5) is 5.69 Å². The first-order chi connectivity index (χ1) is 22.8. The third-order valence-electron chi connectivity index (χ3n) is 9.25. The van der Waals surface area contributed by atoms with Crippen molar-refractivity contribution in [2.45, 2.75) is 76.4 Å². The van der Waals surface area contributed by atoms with E-state index in [-0.39, 0.29) is 54.4 Å². The number of piperazine rings is 1. The van der Waals surface area contributed by atoms with Gasteiger partial charge in [-0.1, -0.05) is 68.7 Å². The summed E-state index contributed by atoms with van der Waals surface area (Å²) in [6, 6.07) is 18.0. The van der Waals surface area contributed by atoms with E-state index in [1.807, 2.05) is 35.2 Å². The third kappa shape index (κ3) is 9.90. The van der Waals surface area contributed by atoms with Crippen LogP contribution < -0.4 is 21.3 Å². The Kier molecular flexibility index (Phi) is 13.6. The Hall–Kier alpha value is -4.22. The molecule has 1 aliphatic carbocycles. The minimum Gasteiger partial charge on any atom is -0.344 e. The number of benzene rings is 2. The van der Waals surface area contributed by atoms with Gasteiger partial charge in [0.05, 0.1) is 0 Å². The number of hydrogen-bond donors (Lipinski definition) is 4. The monoisotopic (exact) mass is 677 g/mol. The number of carbonyl (C=O) groups excluding carboxylic acids is 4. The summed E-state index contributed by atoms with van der Waals surface area (Å²) in [7, 11) is 1.70. The van der Waals surface area contributed by atoms with Crippen LogP contribution in [0.3, 0.4) is 0 Å². The lowest BCUT2D eigenvalue weighted by Crippen LogP contribution is -2.58. The van der Waals surface area contributed by atoms with E-state index in [0.717, 1.165) is 44.1 Å². The molecule has 1 aliphatic heterocycles. The van der Waals surface area contributed by atoms with Crippen LogP contribution in [-0.2, 0) is 34.3 Å². The minimum atomic E-state index is -0.698. The van der Waals surface area contributed by atoms with E-state index in [1.165, 1.54) is 10.2 Å². The normalized spacial score (nSPS) is 17.8. The molecule has 1 saturated carbocycles. The van der Waals surface area contributed by atoms with Crippen molar-refractivity contribution in [2.75, 3.05) is 25.0 Å². The fourth-order valence-corrected chi connectivity index (χ4v) is 6.63. The van der Waals surface area contributed by atoms with E-state index in [1.54, 1.807) is 38.4 Å². The zero-order chi connectivity index (χ0) is 33.2. The highest BCUT2D eigenvalue weighted by molar-refractivity contribution is 6.00. The Bertz CT molecular complexity index is 1510. The van der Waals surface area contributed by atoms with Crippen LogP contribution in [0, 0.1) is 5.92 Å². The number of amides is 4. The molecule has 4 N–H and O–H groups in total. The number of hydrogen-bond acceptors (Lipinski definition) is 6. The Morgan fingerprint density at radius 3 is 2.33 bits per heavy atom. The second-order valence-corrected chi connectivity index (χ2v) is 12.7. The molecule has 2 heterocycles. The molecule has 258 valence electrons. The zero-order valence-electron chi connectivity index (χ0n) is 27.8. The fraction of sp³-hybridized carbons (Fsp3) is 0.472. The van der Waals surface area contributed by atoms with E-state index in [4.69, 9.17) is 0 Å². The van der Waals surface area contributed by atoms with E-state index in [0.29, 0.717) is 37.4 Å². The molecule has 1 saturated heterocycles. The van der Waals surface area contributed by atoms with Gasteiger partial charge in [-0.2, -0.15) is 5.10 Å². The minimum absolute atomic E-state index is 0. The first kappa shape index (κ1) is 36.6. The number of aromatic nitrogens is 2. The molecule has 11 nitrogen and oxygen atoms in total. The molecule has 2 fully saturated rings. The molecule has 3 atom stereocenters. The molecule has 3 aromatic rings. The lowest BCUT2D eigenvalue weighted by atomic mass is 9.83. The van der Waals surface area contributed by atoms with Crippen molar-refractivity contribution < 1.29 is 19.2 Å². The Morgan fingerprint density at radius 2 is 1.67 bits per heavy atom. The van der Waals surface area contributed by atoms with Crippen LogP contribution in [0.1, 0.15) is 67.1 Å². The van der Waals surface area contributed by atoms with Gasteiger partial charge >= 0.3 is 0 Å². The summed E-state index contributed by atoms with van der Waals surface area (Å²) in [4.78, 5) is 54.7. The van der Waals surface area contributed by atoms with E-state index in [2.05, 4.69) is 38.5 Å². The summed E-state index contributed by atoms with van der Waals surface area (Å²) in [5, 5.41) is 16.5. The maximum atomic E-state index is 13.8. The van der Waals surface area contributed by atoms with Gasteiger partial charge in [-0.15, -0.1) is 12.4 Å². The average Bonchev–Trinajstić information content (AvgIpc) is 3.54. The van der Waals surface area contributed by atoms with Crippen molar-refractivity contribution in [3.05, 3.63) is 83.7 Å². The lowest BCUT2D eigenvalue weighted by Gasteiger charge is -2.36. The average molecular weight is 678 g/mol. The van der Waals surface area contributed by atoms with E-state index < -0.39 is 12.1 Å². The van der Waals surface area contributed by atoms with Crippen molar-refractivity contribution in [3.63, 3.8) is 0 Å². The number of nitrogens with one attached hydrogen (secondary N) is 4. The van der Waals surface area contributed by atoms with E-state index in [9.17, 15) is 19.2 Å². The van der Waals surface area contributed by atoms with Crippen LogP contribution in [0.5, 0.6) is 0 Å². The molecule has 2 aliphatic rings. The summed E-state index contributed by atoms with van der Waals surface area (Å²) in [5.41, 5.74) is 3.07. The largest absolute Gasteiger partial charge is 0.344 e. The number of aryl methyl sites for hydroxylation is 1. The molecule has 0 radical (unpaired) electrons. The predicted octanol–water partition coefficient (Wildman–Crippen LogP) is 3.64. The first-order valence-corrected chi connectivity index (χ1v) is 16.8. The van der Waals surface area contributed by atoms with Crippen molar-refractivity contribution in [1.29, 1.82) is 0 Å². The molecule has 2 aromatic carbocycles. The molecule has 5 rings (SSSR count). The van der Waals surface area contributed by atoms with Gasteiger partial charge in [0.15, 0.2) is 0 Å². The van der Waals surface area contributed by atoms with Crippen LogP contribution in [-0.4, -0.2) is 76.1 Å². The number of halogens is 1. The van der Waals surface area contributed by atoms with Gasteiger partial charge in [-0.05, 0) is 54.5 Å². The Balaban J connectivity index is 0.00000520. The highest BCUT2D eigenvalue weighted by Crippen LogP contribution is 2.27. The molecular formula is C36H48ClN7O4. The Morgan fingerprint density at radius 1 is 0.938 bits per heavy atom. The highest BCUT2D eigenvalue weighted by atomic mass is 35.5. The summed E-state index contributed by atoms with van der Waals surface area (Å²) < 4.78 is 1.50. The summed E-state index contributed by atoms with van der Waals surface area (Å²) >= 11 is 0. The van der Waals surface area contributed by atoms with Gasteiger partial charge in [0.2, 0.25) is 17.7 Å². The third-order valence-corrected chi connectivity index (χ3v) is 9.25. The van der Waals surface area contributed by atoms with Crippen molar-refractivity contribution >= 4 is 41.7 Å². The molecule has 0 spiro atoms. The van der Waals surface area contributed by atoms with Crippen LogP contribution >= 0.6 is 12.4 Å². The van der Waals surface area contributed by atoms with Gasteiger partial charge in [0.1, 0.15) is 17.8 Å². The summed E-state index contributed by atoms with van der Waals surface area (Å²) in [6.45, 7) is 3.61. The predicted molar refractivity (Wildman–Crippen MR) is 188 cm³/mol. The number of rotatable bonds is 12. The first-order valence-electron chi connectivity index (χ1n) is 16.8. The SMILES string of the molecule is CCC(=O)NC(Cc1ccc(NC(=O)C(NC(=O)c2ccnn2C)C2CCCCC2)cc1)C(=O)N1CCN[C@@H](Cc2ccccc2)C1.Cl. The van der Waals surface area contributed by atoms with Gasteiger partial charge in [0, 0.05) is 57.4 Å². The lowest BCUT2D eigenvalue weighted by molar-refractivity contribution is -0.137. The Labute approximate surface area is 289 Å². The fourth-order valence-electron chi connectivity index (χ4n) is 6.63. The van der Waals surface area contributed by atoms with Crippen LogP contribution in [0.2, 0.25) is 0 Å². The number of carbonyl (C=O) groups is 4. The zero-order valence-corrected chi connectivity index (χ0v) is 28.6. The smallest absolute Gasteiger partial charge is 0.270 e. The second-order valence-electron chi connectivity index (χ2n) is 12.7. The highest BCUT2D eigenvalue weighted by Gasteiger charge is 2.33. The quantitative estimate of drug-likeness (QED) is 0.231. The van der Waals surface area contributed by atoms with Crippen molar-refractivity contribution in [2.24, 2.45) is 13.0 Å². The van der Waals surface area contributed by atoms with Crippen LogP contribution in [0.25, 0.3) is 0 Å². The van der Waals surface area contributed by atoms with Gasteiger partial charge in [-0.3, -0.25) is 23.9 Å². The molecule has 4 amide bonds. The molecular weight excluding hydrogens is 630 g/mol. The van der Waals surface area contributed by atoms with E-state index >= 15 is 0 Å². The maximum Gasteiger partial charge on any atom is 0.270 e. The summed E-state index contributed by atoms with van der Waals surface area (Å²) in [6.07, 6.45) is 7.94. The molecule has 12 heteroatoms. The van der Waals surface area contributed by atoms with Gasteiger partial charge < -0.3 is 26.2 Å². The number of anilines is 1. The number of nitrogens with zero attached hydrogens (tertiary/aromatic N) is 3. The van der Waals surface area contributed by atoms with Crippen molar-refractivity contribution in [3.8, 4) is 0 Å². The molecule has 0 bridgehead atoms. The van der Waals surface area contributed by atoms with Crippen molar-refractivity contribution in [1.82, 2.24) is 30.6 Å².